The third-order valence-electron chi connectivity index (χ3n) is 2.50. The van der Waals surface area contributed by atoms with Gasteiger partial charge in [0.05, 0.1) is 6.61 Å². The predicted octanol–water partition coefficient (Wildman–Crippen LogP) is 3.39. The molecule has 0 saturated carbocycles. The summed E-state index contributed by atoms with van der Waals surface area (Å²) in [5.74, 6) is 1.57. The van der Waals surface area contributed by atoms with Crippen LogP contribution in [-0.4, -0.2) is 6.61 Å². The highest BCUT2D eigenvalue weighted by molar-refractivity contribution is 5.47. The molecular weight excluding hydrogens is 186 g/mol. The lowest BCUT2D eigenvalue weighted by atomic mass is 10.1. The Balaban J connectivity index is 2.50. The van der Waals surface area contributed by atoms with E-state index in [1.807, 2.05) is 25.1 Å². The summed E-state index contributed by atoms with van der Waals surface area (Å²) < 4.78 is 5.75. The van der Waals surface area contributed by atoms with E-state index in [-0.39, 0.29) is 0 Å². The van der Waals surface area contributed by atoms with Crippen molar-refractivity contribution in [2.75, 3.05) is 12.3 Å². The zero-order valence-electron chi connectivity index (χ0n) is 9.92. The van der Waals surface area contributed by atoms with Gasteiger partial charge in [0.15, 0.2) is 0 Å². The van der Waals surface area contributed by atoms with Crippen molar-refractivity contribution in [1.82, 2.24) is 0 Å². The maximum absolute atomic E-state index is 5.75. The van der Waals surface area contributed by atoms with Gasteiger partial charge in [0.25, 0.3) is 0 Å². The van der Waals surface area contributed by atoms with E-state index < -0.39 is 0 Å². The van der Waals surface area contributed by atoms with Crippen molar-refractivity contribution in [3.8, 4) is 5.75 Å². The number of anilines is 1. The number of hydrogen-bond acceptors (Lipinski definition) is 2. The van der Waals surface area contributed by atoms with Crippen LogP contribution in [0.4, 0.5) is 5.69 Å². The Bertz CT molecular complexity index is 309. The lowest BCUT2D eigenvalue weighted by molar-refractivity contribution is 0.250. The summed E-state index contributed by atoms with van der Waals surface area (Å²) in [5, 5.41) is 0. The van der Waals surface area contributed by atoms with E-state index in [0.717, 1.165) is 23.6 Å². The average molecular weight is 207 g/mol. The fourth-order valence-electron chi connectivity index (χ4n) is 1.64. The number of nitrogen functional groups attached to an aromatic ring is 1. The molecular formula is C13H21NO. The number of ether oxygens (including phenoxy) is 1. The molecule has 15 heavy (non-hydrogen) atoms. The monoisotopic (exact) mass is 207 g/mol. The van der Waals surface area contributed by atoms with Crippen LogP contribution in [0.1, 0.15) is 32.3 Å². The molecule has 0 radical (unpaired) electrons. The highest BCUT2D eigenvalue weighted by Gasteiger charge is 2.04. The molecule has 0 aliphatic rings. The van der Waals surface area contributed by atoms with Gasteiger partial charge in [-0.2, -0.15) is 0 Å². The molecule has 0 bridgehead atoms. The van der Waals surface area contributed by atoms with Gasteiger partial charge < -0.3 is 10.5 Å². The predicted molar refractivity (Wildman–Crippen MR) is 65.2 cm³/mol. The summed E-state index contributed by atoms with van der Waals surface area (Å²) in [7, 11) is 0. The first-order valence-electron chi connectivity index (χ1n) is 5.62. The van der Waals surface area contributed by atoms with E-state index in [2.05, 4.69) is 13.8 Å². The minimum absolute atomic E-state index is 0.618. The quantitative estimate of drug-likeness (QED) is 0.751. The molecule has 0 aliphatic carbocycles. The molecule has 1 rings (SSSR count). The maximum Gasteiger partial charge on any atom is 0.122 e. The summed E-state index contributed by atoms with van der Waals surface area (Å²) in [4.78, 5) is 0. The topological polar surface area (TPSA) is 35.2 Å². The fourth-order valence-corrected chi connectivity index (χ4v) is 1.64. The van der Waals surface area contributed by atoms with Gasteiger partial charge in [0, 0.05) is 5.69 Å². The highest BCUT2D eigenvalue weighted by Crippen LogP contribution is 2.21. The first-order valence-corrected chi connectivity index (χ1v) is 5.62. The Morgan fingerprint density at radius 1 is 1.40 bits per heavy atom. The molecule has 1 aromatic rings. The van der Waals surface area contributed by atoms with Gasteiger partial charge >= 0.3 is 0 Å². The van der Waals surface area contributed by atoms with Crippen LogP contribution in [0, 0.1) is 12.8 Å². The van der Waals surface area contributed by atoms with Crippen LogP contribution < -0.4 is 10.5 Å². The van der Waals surface area contributed by atoms with E-state index in [1.165, 1.54) is 12.8 Å². The van der Waals surface area contributed by atoms with Crippen molar-refractivity contribution in [3.05, 3.63) is 23.8 Å². The largest absolute Gasteiger partial charge is 0.493 e. The first-order chi connectivity index (χ1) is 7.13. The number of nitrogens with two attached hydrogens (primary N) is 1. The van der Waals surface area contributed by atoms with Gasteiger partial charge in [-0.3, -0.25) is 0 Å². The lowest BCUT2D eigenvalue weighted by Gasteiger charge is -2.13. The van der Waals surface area contributed by atoms with Gasteiger partial charge in [0.1, 0.15) is 5.75 Å². The van der Waals surface area contributed by atoms with Crippen LogP contribution >= 0.6 is 0 Å². The van der Waals surface area contributed by atoms with Crippen LogP contribution in [0.2, 0.25) is 0 Å². The van der Waals surface area contributed by atoms with E-state index in [4.69, 9.17) is 10.5 Å². The second kappa shape index (κ2) is 5.64. The van der Waals surface area contributed by atoms with Gasteiger partial charge in [-0.05, 0) is 43.0 Å². The van der Waals surface area contributed by atoms with E-state index in [9.17, 15) is 0 Å². The number of aryl methyl sites for hydroxylation is 1. The van der Waals surface area contributed by atoms with Crippen molar-refractivity contribution < 1.29 is 4.74 Å². The lowest BCUT2D eigenvalue weighted by Crippen LogP contribution is -2.08. The summed E-state index contributed by atoms with van der Waals surface area (Å²) in [6.07, 6.45) is 2.43. The summed E-state index contributed by atoms with van der Waals surface area (Å²) >= 11 is 0. The second-order valence-electron chi connectivity index (χ2n) is 4.23. The normalized spacial score (nSPS) is 12.5. The van der Waals surface area contributed by atoms with Crippen molar-refractivity contribution in [2.45, 2.75) is 33.6 Å². The Hall–Kier alpha value is -1.18. The molecule has 84 valence electrons. The molecule has 0 amide bonds. The average Bonchev–Trinajstić information content (AvgIpc) is 2.17. The molecule has 2 nitrogen and oxygen atoms in total. The van der Waals surface area contributed by atoms with Crippen LogP contribution in [0.25, 0.3) is 0 Å². The van der Waals surface area contributed by atoms with Crippen molar-refractivity contribution in [3.63, 3.8) is 0 Å². The highest BCUT2D eigenvalue weighted by atomic mass is 16.5. The smallest absolute Gasteiger partial charge is 0.122 e. The minimum Gasteiger partial charge on any atom is -0.493 e. The maximum atomic E-state index is 5.75. The van der Waals surface area contributed by atoms with Crippen molar-refractivity contribution in [2.24, 2.45) is 5.92 Å². The molecule has 1 atom stereocenters. The molecule has 0 spiro atoms. The third kappa shape index (κ3) is 3.82. The minimum atomic E-state index is 0.618. The molecule has 0 aromatic heterocycles. The Morgan fingerprint density at radius 3 is 2.73 bits per heavy atom. The number of hydrogen-bond donors (Lipinski definition) is 1. The van der Waals surface area contributed by atoms with Crippen LogP contribution in [0.5, 0.6) is 5.75 Å². The van der Waals surface area contributed by atoms with Gasteiger partial charge in [0.2, 0.25) is 0 Å². The van der Waals surface area contributed by atoms with Crippen LogP contribution in [0.15, 0.2) is 18.2 Å². The van der Waals surface area contributed by atoms with Crippen LogP contribution in [-0.2, 0) is 0 Å². The first kappa shape index (κ1) is 11.9. The molecule has 0 fully saturated rings. The Kier molecular flexibility index (Phi) is 4.47. The zero-order valence-corrected chi connectivity index (χ0v) is 9.92. The number of rotatable bonds is 5. The van der Waals surface area contributed by atoms with Crippen molar-refractivity contribution in [1.29, 1.82) is 0 Å². The van der Waals surface area contributed by atoms with Crippen LogP contribution in [0.3, 0.4) is 0 Å². The fraction of sp³-hybridized carbons (Fsp3) is 0.538. The zero-order chi connectivity index (χ0) is 11.3. The standard InChI is InChI=1S/C13H21NO/c1-4-5-10(2)9-15-13-7-6-12(14)8-11(13)3/h6-8,10H,4-5,9,14H2,1-3H3/t10-/m0/s1. The van der Waals surface area contributed by atoms with Gasteiger partial charge in [-0.25, -0.2) is 0 Å². The van der Waals surface area contributed by atoms with E-state index in [1.54, 1.807) is 0 Å². The van der Waals surface area contributed by atoms with Crippen molar-refractivity contribution >= 4 is 5.69 Å². The molecule has 2 N–H and O–H groups in total. The molecule has 1 aromatic carbocycles. The molecule has 2 heteroatoms. The summed E-state index contributed by atoms with van der Waals surface area (Å²) in [6, 6.07) is 5.77. The molecule has 0 aliphatic heterocycles. The van der Waals surface area contributed by atoms with Gasteiger partial charge in [-0.15, -0.1) is 0 Å². The number of benzene rings is 1. The van der Waals surface area contributed by atoms with Gasteiger partial charge in [-0.1, -0.05) is 20.3 Å². The molecule has 0 saturated heterocycles. The Labute approximate surface area is 92.4 Å². The summed E-state index contributed by atoms with van der Waals surface area (Å²) in [5.41, 5.74) is 7.58. The van der Waals surface area contributed by atoms with E-state index in [0.29, 0.717) is 5.92 Å². The SMILES string of the molecule is CCC[C@H](C)COc1ccc(N)cc1C. The second-order valence-corrected chi connectivity index (χ2v) is 4.23. The molecule has 0 unspecified atom stereocenters. The summed E-state index contributed by atoms with van der Waals surface area (Å²) in [6.45, 7) is 7.23. The van der Waals surface area contributed by atoms with E-state index >= 15 is 0 Å². The molecule has 0 heterocycles. The third-order valence-corrected chi connectivity index (χ3v) is 2.50. The Morgan fingerprint density at radius 2 is 2.13 bits per heavy atom.